The van der Waals surface area contributed by atoms with Gasteiger partial charge in [-0.2, -0.15) is 0 Å². The van der Waals surface area contributed by atoms with E-state index < -0.39 is 15.8 Å². The molecule has 11 heteroatoms. The van der Waals surface area contributed by atoms with Crippen molar-refractivity contribution >= 4 is 27.0 Å². The van der Waals surface area contributed by atoms with Crippen molar-refractivity contribution in [2.75, 3.05) is 4.72 Å². The lowest BCUT2D eigenvalue weighted by Crippen LogP contribution is -2.16. The molecule has 3 aromatic carbocycles. The molecule has 3 aromatic heterocycles. The molecule has 0 saturated carbocycles. The molecule has 196 valence electrons. The number of oxazole rings is 2. The van der Waals surface area contributed by atoms with Crippen molar-refractivity contribution < 1.29 is 21.8 Å². The zero-order valence-corrected chi connectivity index (χ0v) is 21.7. The minimum absolute atomic E-state index is 0.0352. The van der Waals surface area contributed by atoms with E-state index in [1.807, 2.05) is 12.1 Å². The maximum absolute atomic E-state index is 13.6. The first-order valence-corrected chi connectivity index (χ1v) is 13.5. The van der Waals surface area contributed by atoms with E-state index in [0.717, 1.165) is 0 Å². The minimum atomic E-state index is -4.08. The highest BCUT2D eigenvalue weighted by molar-refractivity contribution is 7.92. The number of anilines is 1. The Morgan fingerprint density at radius 3 is 2.54 bits per heavy atom. The van der Waals surface area contributed by atoms with E-state index in [1.165, 1.54) is 23.1 Å². The van der Waals surface area contributed by atoms with E-state index in [4.69, 9.17) is 13.4 Å². The van der Waals surface area contributed by atoms with Crippen molar-refractivity contribution in [3.05, 3.63) is 107 Å². The number of sulfonamides is 1. The summed E-state index contributed by atoms with van der Waals surface area (Å²) >= 11 is 0. The molecule has 1 N–H and O–H groups in total. The topological polar surface area (TPSA) is 133 Å². The van der Waals surface area contributed by atoms with Crippen molar-refractivity contribution in [3.8, 4) is 22.6 Å². The fourth-order valence-corrected chi connectivity index (χ4v) is 5.70. The van der Waals surface area contributed by atoms with E-state index >= 15 is 0 Å². The van der Waals surface area contributed by atoms with Crippen LogP contribution >= 0.6 is 0 Å². The molecular weight excluding hydrogens is 520 g/mol. The molecule has 3 heterocycles. The fraction of sp³-hybridized carbons (Fsp3) is 0.107. The molecule has 0 atom stereocenters. The van der Waals surface area contributed by atoms with Gasteiger partial charge in [0.15, 0.2) is 5.58 Å². The largest absolute Gasteiger partial charge is 0.445 e. The van der Waals surface area contributed by atoms with Crippen LogP contribution in [0.4, 0.5) is 5.88 Å². The first-order valence-electron chi connectivity index (χ1n) is 12.0. The van der Waals surface area contributed by atoms with Gasteiger partial charge < -0.3 is 13.4 Å². The quantitative estimate of drug-likeness (QED) is 0.285. The number of fused-ring (bicyclic) bond motifs is 1. The first kappa shape index (κ1) is 24.4. The van der Waals surface area contributed by atoms with Gasteiger partial charge in [0.05, 0.1) is 28.8 Å². The molecule has 0 amide bonds. The highest BCUT2D eigenvalue weighted by atomic mass is 32.2. The van der Waals surface area contributed by atoms with Crippen LogP contribution in [0.25, 0.3) is 33.7 Å². The van der Waals surface area contributed by atoms with Crippen LogP contribution in [0.2, 0.25) is 0 Å². The van der Waals surface area contributed by atoms with E-state index in [9.17, 15) is 13.2 Å². The molecule has 0 spiro atoms. The van der Waals surface area contributed by atoms with Gasteiger partial charge in [0.2, 0.25) is 11.8 Å². The van der Waals surface area contributed by atoms with Gasteiger partial charge in [-0.15, -0.1) is 0 Å². The Labute approximate surface area is 222 Å². The van der Waals surface area contributed by atoms with Gasteiger partial charge >= 0.3 is 5.76 Å². The number of rotatable bonds is 7. The van der Waals surface area contributed by atoms with Crippen molar-refractivity contribution in [2.24, 2.45) is 0 Å². The number of aryl methyl sites for hydroxylation is 1. The standard InChI is InChI=1S/C28H22N4O6S/c1-17-18(2)30-38-26(17)31-39(34,35)25-10-6-3-7-22(25)21-12-11-19(27-29-13-14-36-27)15-20(21)16-32-23-8-4-5-9-24(23)37-28(32)33/h3-15,31H,16H2,1-2H3. The van der Waals surface area contributed by atoms with Crippen LogP contribution in [0.3, 0.4) is 0 Å². The number of para-hydroxylation sites is 2. The maximum atomic E-state index is 13.6. The molecule has 0 unspecified atom stereocenters. The average Bonchev–Trinajstić information content (AvgIpc) is 3.66. The summed E-state index contributed by atoms with van der Waals surface area (Å²) in [6.45, 7) is 3.57. The molecule has 10 nitrogen and oxygen atoms in total. The second kappa shape index (κ2) is 9.44. The van der Waals surface area contributed by atoms with E-state index in [2.05, 4.69) is 14.9 Å². The van der Waals surface area contributed by atoms with Gasteiger partial charge in [0, 0.05) is 16.7 Å². The summed E-state index contributed by atoms with van der Waals surface area (Å²) in [5, 5.41) is 3.84. The third-order valence-corrected chi connectivity index (χ3v) is 7.93. The Kier molecular flexibility index (Phi) is 5.92. The molecule has 6 aromatic rings. The lowest BCUT2D eigenvalue weighted by molar-refractivity contribution is 0.430. The van der Waals surface area contributed by atoms with E-state index in [0.29, 0.717) is 50.5 Å². The van der Waals surface area contributed by atoms with Gasteiger partial charge in [-0.3, -0.25) is 4.57 Å². The summed E-state index contributed by atoms with van der Waals surface area (Å²) < 4.78 is 47.3. The van der Waals surface area contributed by atoms with Crippen LogP contribution in [0.15, 0.2) is 102 Å². The van der Waals surface area contributed by atoms with Crippen LogP contribution in [0, 0.1) is 13.8 Å². The van der Waals surface area contributed by atoms with Gasteiger partial charge in [0.25, 0.3) is 10.0 Å². The summed E-state index contributed by atoms with van der Waals surface area (Å²) in [5.41, 5.74) is 4.63. The number of nitrogens with zero attached hydrogens (tertiary/aromatic N) is 3. The predicted octanol–water partition coefficient (Wildman–Crippen LogP) is 5.37. The Bertz CT molecular complexity index is 1980. The molecule has 0 aliphatic carbocycles. The SMILES string of the molecule is Cc1noc(NS(=O)(=O)c2ccccc2-c2ccc(-c3ncco3)cc2Cn2c(=O)oc3ccccc32)c1C. The number of nitrogens with one attached hydrogen (secondary N) is 1. The molecular formula is C28H22N4O6S. The Morgan fingerprint density at radius 2 is 1.77 bits per heavy atom. The zero-order chi connectivity index (χ0) is 27.1. The fourth-order valence-electron chi connectivity index (χ4n) is 4.43. The third-order valence-electron chi connectivity index (χ3n) is 6.54. The normalized spacial score (nSPS) is 11.7. The molecule has 6 rings (SSSR count). The van der Waals surface area contributed by atoms with Gasteiger partial charge in [-0.05, 0) is 55.3 Å². The lowest BCUT2D eigenvalue weighted by atomic mass is 9.97. The third kappa shape index (κ3) is 4.42. The van der Waals surface area contributed by atoms with Crippen LogP contribution in [0.5, 0.6) is 0 Å². The highest BCUT2D eigenvalue weighted by Crippen LogP contribution is 2.35. The van der Waals surface area contributed by atoms with Crippen molar-refractivity contribution in [1.82, 2.24) is 14.7 Å². The minimum Gasteiger partial charge on any atom is -0.445 e. The lowest BCUT2D eigenvalue weighted by Gasteiger charge is -2.16. The first-order chi connectivity index (χ1) is 18.8. The molecule has 0 aliphatic rings. The Hall–Kier alpha value is -4.90. The van der Waals surface area contributed by atoms with Crippen molar-refractivity contribution in [1.29, 1.82) is 0 Å². The van der Waals surface area contributed by atoms with Crippen LogP contribution in [-0.2, 0) is 16.6 Å². The molecule has 0 bridgehead atoms. The smallest absolute Gasteiger partial charge is 0.420 e. The number of benzene rings is 3. The molecule has 39 heavy (non-hydrogen) atoms. The maximum Gasteiger partial charge on any atom is 0.420 e. The molecule has 0 radical (unpaired) electrons. The monoisotopic (exact) mass is 542 g/mol. The summed E-state index contributed by atoms with van der Waals surface area (Å²) in [7, 11) is -4.08. The molecule has 0 fully saturated rings. The number of aromatic nitrogens is 3. The Morgan fingerprint density at radius 1 is 0.974 bits per heavy atom. The zero-order valence-electron chi connectivity index (χ0n) is 20.9. The summed E-state index contributed by atoms with van der Waals surface area (Å²) in [6.07, 6.45) is 3.01. The van der Waals surface area contributed by atoms with Crippen LogP contribution in [0.1, 0.15) is 16.8 Å². The summed E-state index contributed by atoms with van der Waals surface area (Å²) in [4.78, 5) is 17.1. The highest BCUT2D eigenvalue weighted by Gasteiger charge is 2.24. The Balaban J connectivity index is 1.51. The van der Waals surface area contributed by atoms with Crippen molar-refractivity contribution in [2.45, 2.75) is 25.3 Å². The van der Waals surface area contributed by atoms with Gasteiger partial charge in [0.1, 0.15) is 6.26 Å². The number of hydrogen-bond acceptors (Lipinski definition) is 8. The summed E-state index contributed by atoms with van der Waals surface area (Å²) in [6, 6.07) is 19.2. The van der Waals surface area contributed by atoms with Crippen LogP contribution in [-0.4, -0.2) is 23.1 Å². The van der Waals surface area contributed by atoms with E-state index in [1.54, 1.807) is 62.4 Å². The second-order valence-corrected chi connectivity index (χ2v) is 10.6. The predicted molar refractivity (Wildman–Crippen MR) is 144 cm³/mol. The van der Waals surface area contributed by atoms with E-state index in [-0.39, 0.29) is 17.3 Å². The van der Waals surface area contributed by atoms with Crippen LogP contribution < -0.4 is 10.5 Å². The molecule has 0 aliphatic heterocycles. The van der Waals surface area contributed by atoms with Gasteiger partial charge in [-0.25, -0.2) is 22.9 Å². The molecule has 0 saturated heterocycles. The van der Waals surface area contributed by atoms with Crippen molar-refractivity contribution in [3.63, 3.8) is 0 Å². The van der Waals surface area contributed by atoms with Gasteiger partial charge in [-0.1, -0.05) is 41.6 Å². The average molecular weight is 543 g/mol. The number of hydrogen-bond donors (Lipinski definition) is 1. The second-order valence-electron chi connectivity index (χ2n) is 8.95. The summed E-state index contributed by atoms with van der Waals surface area (Å²) in [5.74, 6) is -0.0773.